The van der Waals surface area contributed by atoms with E-state index >= 15 is 0 Å². The third kappa shape index (κ3) is 3.09. The van der Waals surface area contributed by atoms with Crippen LogP contribution in [0.3, 0.4) is 0 Å². The van der Waals surface area contributed by atoms with E-state index in [4.69, 9.17) is 5.11 Å². The quantitative estimate of drug-likeness (QED) is 0.516. The van der Waals surface area contributed by atoms with E-state index in [1.165, 1.54) is 17.8 Å². The Balaban J connectivity index is 3.08. The number of carbonyl (C=O) groups excluding carboxylic acids is 1. The molecule has 1 aromatic carbocycles. The Morgan fingerprint density at radius 2 is 2.12 bits per heavy atom. The number of benzene rings is 1. The van der Waals surface area contributed by atoms with Crippen molar-refractivity contribution >= 4 is 39.4 Å². The Bertz CT molecular complexity index is 418. The lowest BCUT2D eigenvalue weighted by molar-refractivity contribution is 0.0692. The second-order valence-corrected chi connectivity index (χ2v) is 4.72. The molecule has 0 spiro atoms. The first-order valence-electron chi connectivity index (χ1n) is 4.60. The molecule has 0 unspecified atom stereocenters. The van der Waals surface area contributed by atoms with E-state index in [1.54, 1.807) is 18.4 Å². The van der Waals surface area contributed by atoms with Crippen LogP contribution in [0.2, 0.25) is 0 Å². The van der Waals surface area contributed by atoms with Crippen LogP contribution in [-0.2, 0) is 0 Å². The lowest BCUT2D eigenvalue weighted by Gasteiger charge is -2.05. The van der Waals surface area contributed by atoms with Gasteiger partial charge < -0.3 is 5.11 Å². The lowest BCUT2D eigenvalue weighted by atomic mass is 10.1. The zero-order valence-electron chi connectivity index (χ0n) is 8.70. The molecule has 0 bridgehead atoms. The monoisotopic (exact) mass is 302 g/mol. The molecule has 5 heteroatoms. The van der Waals surface area contributed by atoms with Crippen molar-refractivity contribution in [2.45, 2.75) is 11.3 Å². The number of Topliss-reactive ketones (excluding diaryl/α,β-unsaturated/α-hetero) is 1. The van der Waals surface area contributed by atoms with Crippen LogP contribution >= 0.6 is 27.7 Å². The molecule has 0 amide bonds. The number of halogens is 1. The molecule has 0 heterocycles. The van der Waals surface area contributed by atoms with Gasteiger partial charge in [0.25, 0.3) is 0 Å². The third-order valence-corrected chi connectivity index (χ3v) is 3.25. The minimum Gasteiger partial charge on any atom is -0.478 e. The van der Waals surface area contributed by atoms with Gasteiger partial charge in [-0.15, -0.1) is 11.8 Å². The SMILES string of the molecule is CSc1cc(C(=O)CCBr)ccc1C(=O)O. The minimum atomic E-state index is -0.969. The van der Waals surface area contributed by atoms with Crippen LogP contribution in [0.15, 0.2) is 23.1 Å². The van der Waals surface area contributed by atoms with Gasteiger partial charge in [0.15, 0.2) is 5.78 Å². The number of alkyl halides is 1. The van der Waals surface area contributed by atoms with Gasteiger partial charge in [-0.25, -0.2) is 4.79 Å². The van der Waals surface area contributed by atoms with Crippen molar-refractivity contribution in [3.63, 3.8) is 0 Å². The summed E-state index contributed by atoms with van der Waals surface area (Å²) < 4.78 is 0. The number of carboxylic acid groups (broad SMARTS) is 1. The third-order valence-electron chi connectivity index (χ3n) is 2.08. The molecule has 16 heavy (non-hydrogen) atoms. The van der Waals surface area contributed by atoms with Crippen LogP contribution in [-0.4, -0.2) is 28.4 Å². The van der Waals surface area contributed by atoms with Gasteiger partial charge in [-0.05, 0) is 18.4 Å². The summed E-state index contributed by atoms with van der Waals surface area (Å²) in [4.78, 5) is 23.1. The van der Waals surface area contributed by atoms with Gasteiger partial charge in [0, 0.05) is 22.2 Å². The summed E-state index contributed by atoms with van der Waals surface area (Å²) in [5.74, 6) is -0.951. The topological polar surface area (TPSA) is 54.4 Å². The van der Waals surface area contributed by atoms with Crippen molar-refractivity contribution in [3.05, 3.63) is 29.3 Å². The highest BCUT2D eigenvalue weighted by molar-refractivity contribution is 9.09. The Morgan fingerprint density at radius 3 is 2.62 bits per heavy atom. The first-order chi connectivity index (χ1) is 7.60. The molecule has 0 fully saturated rings. The normalized spacial score (nSPS) is 10.1. The van der Waals surface area contributed by atoms with E-state index in [-0.39, 0.29) is 11.3 Å². The van der Waals surface area contributed by atoms with Gasteiger partial charge in [0.2, 0.25) is 0 Å². The first kappa shape index (κ1) is 13.3. The number of hydrogen-bond acceptors (Lipinski definition) is 3. The Hall–Kier alpha value is -0.810. The highest BCUT2D eigenvalue weighted by Crippen LogP contribution is 2.22. The number of thioether (sulfide) groups is 1. The molecule has 1 N–H and O–H groups in total. The number of carboxylic acids is 1. The highest BCUT2D eigenvalue weighted by Gasteiger charge is 2.12. The molecule has 0 aliphatic rings. The summed E-state index contributed by atoms with van der Waals surface area (Å²) >= 11 is 4.53. The molecule has 86 valence electrons. The molecule has 0 radical (unpaired) electrons. The molecule has 1 rings (SSSR count). The molecule has 0 aliphatic heterocycles. The standard InChI is InChI=1S/C11H11BrO3S/c1-16-10-6-7(9(13)4-5-12)2-3-8(10)11(14)15/h2-3,6H,4-5H2,1H3,(H,14,15). The summed E-state index contributed by atoms with van der Waals surface area (Å²) in [6, 6.07) is 4.68. The van der Waals surface area contributed by atoms with Crippen molar-refractivity contribution in [1.82, 2.24) is 0 Å². The molecule has 0 aliphatic carbocycles. The second kappa shape index (κ2) is 6.06. The van der Waals surface area contributed by atoms with Crippen LogP contribution in [0.5, 0.6) is 0 Å². The summed E-state index contributed by atoms with van der Waals surface area (Å²) in [6.45, 7) is 0. The number of ketones is 1. The maximum Gasteiger partial charge on any atom is 0.336 e. The first-order valence-corrected chi connectivity index (χ1v) is 6.95. The van der Waals surface area contributed by atoms with Crippen molar-refractivity contribution < 1.29 is 14.7 Å². The van der Waals surface area contributed by atoms with Crippen LogP contribution in [0.1, 0.15) is 27.1 Å². The molecule has 0 atom stereocenters. The fraction of sp³-hybridized carbons (Fsp3) is 0.273. The zero-order chi connectivity index (χ0) is 12.1. The van der Waals surface area contributed by atoms with E-state index in [9.17, 15) is 9.59 Å². The van der Waals surface area contributed by atoms with Gasteiger partial charge in [-0.2, -0.15) is 0 Å². The number of carbonyl (C=O) groups is 2. The largest absolute Gasteiger partial charge is 0.478 e. The van der Waals surface area contributed by atoms with Gasteiger partial charge in [-0.1, -0.05) is 22.0 Å². The van der Waals surface area contributed by atoms with Crippen LogP contribution in [0, 0.1) is 0 Å². The smallest absolute Gasteiger partial charge is 0.336 e. The summed E-state index contributed by atoms with van der Waals surface area (Å²) in [5, 5.41) is 9.54. The zero-order valence-corrected chi connectivity index (χ0v) is 11.1. The average Bonchev–Trinajstić information content (AvgIpc) is 2.28. The van der Waals surface area contributed by atoms with E-state index in [0.717, 1.165) is 0 Å². The Labute approximate surface area is 106 Å². The Morgan fingerprint density at radius 1 is 1.44 bits per heavy atom. The fourth-order valence-electron chi connectivity index (χ4n) is 1.27. The molecule has 3 nitrogen and oxygen atoms in total. The molecule has 1 aromatic rings. The predicted octanol–water partition coefficient (Wildman–Crippen LogP) is 3.07. The maximum absolute atomic E-state index is 11.6. The number of rotatable bonds is 5. The molecule has 0 aromatic heterocycles. The predicted molar refractivity (Wildman–Crippen MR) is 67.9 cm³/mol. The average molecular weight is 303 g/mol. The summed E-state index contributed by atoms with van der Waals surface area (Å²) in [6.07, 6.45) is 2.21. The fourth-order valence-corrected chi connectivity index (χ4v) is 2.25. The van der Waals surface area contributed by atoms with E-state index in [0.29, 0.717) is 22.2 Å². The van der Waals surface area contributed by atoms with Crippen molar-refractivity contribution in [2.75, 3.05) is 11.6 Å². The highest BCUT2D eigenvalue weighted by atomic mass is 79.9. The summed E-state index contributed by atoms with van der Waals surface area (Å²) in [7, 11) is 0. The Kier molecular flexibility index (Phi) is 5.02. The molecule has 0 saturated carbocycles. The molecular weight excluding hydrogens is 292 g/mol. The van der Waals surface area contributed by atoms with Crippen molar-refractivity contribution in [1.29, 1.82) is 0 Å². The van der Waals surface area contributed by atoms with Crippen LogP contribution in [0.4, 0.5) is 0 Å². The number of aromatic carboxylic acids is 1. The van der Waals surface area contributed by atoms with Crippen LogP contribution in [0.25, 0.3) is 0 Å². The van der Waals surface area contributed by atoms with Gasteiger partial charge >= 0.3 is 5.97 Å². The van der Waals surface area contributed by atoms with E-state index < -0.39 is 5.97 Å². The molecule has 0 saturated heterocycles. The summed E-state index contributed by atoms with van der Waals surface area (Å²) in [5.41, 5.74) is 0.802. The maximum atomic E-state index is 11.6. The second-order valence-electron chi connectivity index (χ2n) is 3.08. The van der Waals surface area contributed by atoms with Crippen LogP contribution < -0.4 is 0 Å². The van der Waals surface area contributed by atoms with Gasteiger partial charge in [0.05, 0.1) is 5.56 Å². The van der Waals surface area contributed by atoms with E-state index in [1.807, 2.05) is 0 Å². The van der Waals surface area contributed by atoms with Crippen molar-refractivity contribution in [2.24, 2.45) is 0 Å². The number of hydrogen-bond donors (Lipinski definition) is 1. The van der Waals surface area contributed by atoms with E-state index in [2.05, 4.69) is 15.9 Å². The van der Waals surface area contributed by atoms with Crippen molar-refractivity contribution in [3.8, 4) is 0 Å². The van der Waals surface area contributed by atoms with Gasteiger partial charge in [-0.3, -0.25) is 4.79 Å². The molecular formula is C11H11BrO3S. The van der Waals surface area contributed by atoms with Gasteiger partial charge in [0.1, 0.15) is 0 Å². The minimum absolute atomic E-state index is 0.0177. The lowest BCUT2D eigenvalue weighted by Crippen LogP contribution is -2.04.